The highest BCUT2D eigenvalue weighted by molar-refractivity contribution is 7.80. The predicted molar refractivity (Wildman–Crippen MR) is 75.2 cm³/mol. The maximum atomic E-state index is 11.3. The van der Waals surface area contributed by atoms with Gasteiger partial charge in [0.2, 0.25) is 0 Å². The molecule has 0 N–H and O–H groups in total. The van der Waals surface area contributed by atoms with Gasteiger partial charge in [0.1, 0.15) is 5.75 Å². The van der Waals surface area contributed by atoms with Crippen LogP contribution in [0.3, 0.4) is 0 Å². The topological polar surface area (TPSA) is 38.8 Å². The molecule has 5 heteroatoms. The van der Waals surface area contributed by atoms with Crippen LogP contribution in [0.15, 0.2) is 24.3 Å². The molecule has 0 aliphatic carbocycles. The summed E-state index contributed by atoms with van der Waals surface area (Å²) in [7, 11) is 3.44. The van der Waals surface area contributed by atoms with Crippen LogP contribution >= 0.6 is 12.2 Å². The van der Waals surface area contributed by atoms with Gasteiger partial charge in [-0.2, -0.15) is 0 Å². The summed E-state index contributed by atoms with van der Waals surface area (Å²) in [4.78, 5) is 13.6. The number of carbonyl (C=O) groups excluding carboxylic acids is 1. The van der Waals surface area contributed by atoms with Crippen LogP contribution in [-0.2, 0) is 9.53 Å². The van der Waals surface area contributed by atoms with E-state index in [2.05, 4.69) is 0 Å². The van der Waals surface area contributed by atoms with Crippen molar-refractivity contribution in [3.8, 4) is 5.75 Å². The van der Waals surface area contributed by atoms with Crippen molar-refractivity contribution >= 4 is 28.9 Å². The first-order valence-electron chi connectivity index (χ1n) is 5.64. The monoisotopic (exact) mass is 267 g/mol. The number of benzene rings is 1. The van der Waals surface area contributed by atoms with Gasteiger partial charge in [0.25, 0.3) is 0 Å². The van der Waals surface area contributed by atoms with Crippen LogP contribution in [0.25, 0.3) is 0 Å². The lowest BCUT2D eigenvalue weighted by molar-refractivity contribution is -0.141. The Hall–Kier alpha value is -1.62. The van der Waals surface area contributed by atoms with Gasteiger partial charge in [-0.3, -0.25) is 4.79 Å². The minimum atomic E-state index is -0.303. The lowest BCUT2D eigenvalue weighted by atomic mass is 10.2. The molecule has 0 aliphatic rings. The Balaban J connectivity index is 2.64. The van der Waals surface area contributed by atoms with E-state index in [1.165, 1.54) is 0 Å². The summed E-state index contributed by atoms with van der Waals surface area (Å²) < 4.78 is 9.94. The number of nitrogens with zero attached hydrogens (tertiary/aromatic N) is 1. The van der Waals surface area contributed by atoms with Crippen molar-refractivity contribution in [2.75, 3.05) is 25.7 Å². The zero-order valence-electron chi connectivity index (χ0n) is 10.8. The van der Waals surface area contributed by atoms with Gasteiger partial charge in [-0.1, -0.05) is 12.2 Å². The Labute approximate surface area is 112 Å². The quantitative estimate of drug-likeness (QED) is 0.605. The summed E-state index contributed by atoms with van der Waals surface area (Å²) in [6, 6.07) is 7.46. The van der Waals surface area contributed by atoms with Gasteiger partial charge >= 0.3 is 5.97 Å². The van der Waals surface area contributed by atoms with Crippen LogP contribution in [0.2, 0.25) is 0 Å². The van der Waals surface area contributed by atoms with Crippen molar-refractivity contribution < 1.29 is 14.3 Å². The van der Waals surface area contributed by atoms with E-state index in [9.17, 15) is 4.79 Å². The van der Waals surface area contributed by atoms with Gasteiger partial charge in [0, 0.05) is 12.7 Å². The number of carbonyl (C=O) groups is 1. The number of anilines is 1. The normalized spacial score (nSPS) is 9.72. The third-order valence-corrected chi connectivity index (χ3v) is 2.85. The highest BCUT2D eigenvalue weighted by Crippen LogP contribution is 2.19. The van der Waals surface area contributed by atoms with Crippen molar-refractivity contribution in [2.24, 2.45) is 0 Å². The van der Waals surface area contributed by atoms with Gasteiger partial charge in [-0.15, -0.1) is 0 Å². The highest BCUT2D eigenvalue weighted by atomic mass is 32.1. The average molecular weight is 267 g/mol. The maximum Gasteiger partial charge on any atom is 0.312 e. The molecule has 0 aliphatic heterocycles. The predicted octanol–water partition coefficient (Wildman–Crippen LogP) is 2.41. The Bertz CT molecular complexity index is 417. The Morgan fingerprint density at radius 2 is 1.94 bits per heavy atom. The second-order valence-electron chi connectivity index (χ2n) is 3.63. The standard InChI is InChI=1S/C13H17NO3S/c1-4-17-13(15)9-12(18)14(2)10-5-7-11(16-3)8-6-10/h5-8H,4,9H2,1-3H3. The molecule has 0 bridgehead atoms. The number of rotatable bonds is 5. The van der Waals surface area contributed by atoms with Gasteiger partial charge in [0.15, 0.2) is 0 Å². The summed E-state index contributed by atoms with van der Waals surface area (Å²) in [6.45, 7) is 2.14. The minimum absolute atomic E-state index is 0.117. The second kappa shape index (κ2) is 6.96. The van der Waals surface area contributed by atoms with Crippen LogP contribution in [0.1, 0.15) is 13.3 Å². The molecule has 0 aromatic heterocycles. The zero-order chi connectivity index (χ0) is 13.5. The van der Waals surface area contributed by atoms with Gasteiger partial charge in [-0.05, 0) is 31.2 Å². The zero-order valence-corrected chi connectivity index (χ0v) is 11.6. The lowest BCUT2D eigenvalue weighted by Gasteiger charge is -2.19. The van der Waals surface area contributed by atoms with E-state index in [0.717, 1.165) is 11.4 Å². The largest absolute Gasteiger partial charge is 0.497 e. The minimum Gasteiger partial charge on any atom is -0.497 e. The van der Waals surface area contributed by atoms with Crippen LogP contribution in [0.5, 0.6) is 5.75 Å². The molecule has 0 heterocycles. The van der Waals surface area contributed by atoms with Crippen molar-refractivity contribution in [1.82, 2.24) is 0 Å². The molecule has 1 rings (SSSR count). The molecule has 0 saturated heterocycles. The number of esters is 1. The Kier molecular flexibility index (Phi) is 5.58. The van der Waals surface area contributed by atoms with Crippen LogP contribution in [0, 0.1) is 0 Å². The number of methoxy groups -OCH3 is 1. The van der Waals surface area contributed by atoms with Gasteiger partial charge in [0.05, 0.1) is 25.1 Å². The first kappa shape index (κ1) is 14.4. The Morgan fingerprint density at radius 1 is 1.33 bits per heavy atom. The molecule has 0 radical (unpaired) electrons. The molecule has 0 fully saturated rings. The van der Waals surface area contributed by atoms with Crippen molar-refractivity contribution in [2.45, 2.75) is 13.3 Å². The van der Waals surface area contributed by atoms with Gasteiger partial charge < -0.3 is 14.4 Å². The average Bonchev–Trinajstić information content (AvgIpc) is 2.38. The van der Waals surface area contributed by atoms with E-state index in [1.807, 2.05) is 31.3 Å². The number of thiocarbonyl (C=S) groups is 1. The van der Waals surface area contributed by atoms with Crippen LogP contribution in [-0.4, -0.2) is 31.7 Å². The maximum absolute atomic E-state index is 11.3. The van der Waals surface area contributed by atoms with E-state index < -0.39 is 0 Å². The summed E-state index contributed by atoms with van der Waals surface area (Å²) in [5.41, 5.74) is 0.907. The van der Waals surface area contributed by atoms with E-state index in [4.69, 9.17) is 21.7 Å². The second-order valence-corrected chi connectivity index (χ2v) is 4.10. The molecule has 98 valence electrons. The third kappa shape index (κ3) is 4.00. The smallest absolute Gasteiger partial charge is 0.312 e. The fourth-order valence-electron chi connectivity index (χ4n) is 1.40. The molecular formula is C13H17NO3S. The Morgan fingerprint density at radius 3 is 2.44 bits per heavy atom. The highest BCUT2D eigenvalue weighted by Gasteiger charge is 2.12. The number of ether oxygens (including phenoxy) is 2. The lowest BCUT2D eigenvalue weighted by Crippen LogP contribution is -2.27. The fourth-order valence-corrected chi connectivity index (χ4v) is 1.63. The van der Waals surface area contributed by atoms with E-state index >= 15 is 0 Å². The molecule has 0 spiro atoms. The number of hydrogen-bond donors (Lipinski definition) is 0. The van der Waals surface area contributed by atoms with E-state index in [-0.39, 0.29) is 12.4 Å². The molecule has 18 heavy (non-hydrogen) atoms. The molecule has 0 unspecified atom stereocenters. The van der Waals surface area contributed by atoms with Gasteiger partial charge in [-0.25, -0.2) is 0 Å². The molecule has 0 saturated carbocycles. The number of hydrogen-bond acceptors (Lipinski definition) is 4. The molecule has 4 nitrogen and oxygen atoms in total. The first-order valence-corrected chi connectivity index (χ1v) is 6.05. The summed E-state index contributed by atoms with van der Waals surface area (Å²) in [5.74, 6) is 0.478. The van der Waals surface area contributed by atoms with E-state index in [0.29, 0.717) is 11.6 Å². The SMILES string of the molecule is CCOC(=O)CC(=S)N(C)c1ccc(OC)cc1. The fraction of sp³-hybridized carbons (Fsp3) is 0.385. The summed E-state index contributed by atoms with van der Waals surface area (Å²) >= 11 is 5.20. The molecule has 1 aromatic rings. The third-order valence-electron chi connectivity index (χ3n) is 2.43. The van der Waals surface area contributed by atoms with Crippen molar-refractivity contribution in [3.05, 3.63) is 24.3 Å². The van der Waals surface area contributed by atoms with Crippen LogP contribution < -0.4 is 9.64 Å². The molecular weight excluding hydrogens is 250 g/mol. The van der Waals surface area contributed by atoms with E-state index in [1.54, 1.807) is 18.9 Å². The summed E-state index contributed by atoms with van der Waals surface area (Å²) in [6.07, 6.45) is 0.117. The van der Waals surface area contributed by atoms with Crippen molar-refractivity contribution in [1.29, 1.82) is 0 Å². The summed E-state index contributed by atoms with van der Waals surface area (Å²) in [5, 5.41) is 0. The first-order chi connectivity index (χ1) is 8.58. The van der Waals surface area contributed by atoms with Crippen molar-refractivity contribution in [3.63, 3.8) is 0 Å². The molecule has 0 amide bonds. The van der Waals surface area contributed by atoms with Crippen LogP contribution in [0.4, 0.5) is 5.69 Å². The molecule has 1 aromatic carbocycles. The molecule has 0 atom stereocenters.